The van der Waals surface area contributed by atoms with E-state index in [4.69, 9.17) is 13.6 Å². The minimum atomic E-state index is -0.206. The molecule has 0 spiro atoms. The van der Waals surface area contributed by atoms with Crippen LogP contribution in [0, 0.1) is 0 Å². The van der Waals surface area contributed by atoms with Gasteiger partial charge >= 0.3 is 0 Å². The van der Waals surface area contributed by atoms with Crippen LogP contribution >= 0.6 is 0 Å². The second-order valence-electron chi connectivity index (χ2n) is 4.70. The molecule has 98 valence electrons. The maximum atomic E-state index is 9.78. The molecule has 5 aromatic rings. The van der Waals surface area contributed by atoms with Gasteiger partial charge in [-0.15, -0.1) is 0 Å². The van der Waals surface area contributed by atoms with Crippen LogP contribution in [0.5, 0.6) is 23.0 Å². The molecule has 6 heteroatoms. The second-order valence-corrected chi connectivity index (χ2v) is 4.70. The summed E-state index contributed by atoms with van der Waals surface area (Å²) in [5.41, 5.74) is 1.82. The van der Waals surface area contributed by atoms with E-state index in [-0.39, 0.29) is 34.0 Å². The van der Waals surface area contributed by atoms with E-state index >= 15 is 0 Å². The Morgan fingerprint density at radius 1 is 0.850 bits per heavy atom. The van der Waals surface area contributed by atoms with Crippen LogP contribution in [-0.2, 0) is 0 Å². The lowest BCUT2D eigenvalue weighted by atomic mass is 10.0. The molecule has 4 heterocycles. The largest absolute Gasteiger partial charge is 0.508 e. The summed E-state index contributed by atoms with van der Waals surface area (Å²) in [4.78, 5) is 0. The Hall–Kier alpha value is -3.02. The maximum absolute atomic E-state index is 9.78. The summed E-state index contributed by atoms with van der Waals surface area (Å²) in [6, 6.07) is 4.75. The minimum absolute atomic E-state index is 0.0441. The Morgan fingerprint density at radius 2 is 1.60 bits per heavy atom. The summed E-state index contributed by atoms with van der Waals surface area (Å²) in [6.07, 6.45) is 0. The highest BCUT2D eigenvalue weighted by Gasteiger charge is 2.33. The maximum Gasteiger partial charge on any atom is 0.218 e. The highest BCUT2D eigenvalue weighted by Crippen LogP contribution is 2.48. The van der Waals surface area contributed by atoms with E-state index in [1.807, 2.05) is 0 Å². The van der Waals surface area contributed by atoms with Gasteiger partial charge in [0.05, 0.1) is 5.56 Å². The van der Waals surface area contributed by atoms with Crippen molar-refractivity contribution in [1.29, 1.82) is 0 Å². The first-order chi connectivity index (χ1) is 9.65. The number of hydrogen-bond donors (Lipinski definition) is 3. The molecule has 6 rings (SSSR count). The number of phenols is 3. The molecule has 0 unspecified atom stereocenters. The van der Waals surface area contributed by atoms with Crippen LogP contribution in [0.15, 0.2) is 27.0 Å². The van der Waals surface area contributed by atoms with Gasteiger partial charge in [0, 0.05) is 6.07 Å². The third-order valence-electron chi connectivity index (χ3n) is 3.58. The van der Waals surface area contributed by atoms with Gasteiger partial charge < -0.3 is 28.9 Å². The van der Waals surface area contributed by atoms with Gasteiger partial charge in [0.1, 0.15) is 16.9 Å². The fraction of sp³-hybridized carbons (Fsp3) is 0. The average molecular weight is 270 g/mol. The summed E-state index contributed by atoms with van der Waals surface area (Å²) in [5, 5.41) is 29.3. The van der Waals surface area contributed by atoms with Crippen molar-refractivity contribution < 1.29 is 28.9 Å². The topological polar surface area (TPSA) is 96.2 Å². The number of ether oxygens (including phenoxy) is 1. The van der Waals surface area contributed by atoms with Gasteiger partial charge in [0.2, 0.25) is 17.1 Å². The van der Waals surface area contributed by atoms with Crippen molar-refractivity contribution in [2.75, 3.05) is 0 Å². The summed E-state index contributed by atoms with van der Waals surface area (Å²) >= 11 is 0. The lowest BCUT2D eigenvalue weighted by Gasteiger charge is -2.24. The molecule has 0 aliphatic carbocycles. The van der Waals surface area contributed by atoms with E-state index < -0.39 is 0 Å². The molecule has 3 aromatic heterocycles. The molecule has 6 nitrogen and oxygen atoms in total. The van der Waals surface area contributed by atoms with Gasteiger partial charge in [0.15, 0.2) is 22.3 Å². The Labute approximate surface area is 110 Å². The van der Waals surface area contributed by atoms with Crippen molar-refractivity contribution in [3.8, 4) is 23.0 Å². The summed E-state index contributed by atoms with van der Waals surface area (Å²) in [7, 11) is 0. The Kier molecular flexibility index (Phi) is 1.36. The molecule has 0 saturated heterocycles. The molecule has 2 aromatic carbocycles. The zero-order chi connectivity index (χ0) is 13.6. The summed E-state index contributed by atoms with van der Waals surface area (Å²) in [6.45, 7) is 0. The third-order valence-corrected chi connectivity index (χ3v) is 3.58. The predicted molar refractivity (Wildman–Crippen MR) is 67.0 cm³/mol. The van der Waals surface area contributed by atoms with Crippen molar-refractivity contribution in [1.82, 2.24) is 0 Å². The average Bonchev–Trinajstić information content (AvgIpc) is 2.37. The molecule has 0 saturated carbocycles. The third kappa shape index (κ3) is 0.871. The van der Waals surface area contributed by atoms with E-state index in [1.54, 1.807) is 12.1 Å². The van der Waals surface area contributed by atoms with Crippen LogP contribution in [0.2, 0.25) is 0 Å². The number of aromatic hydroxyl groups is 3. The molecule has 20 heavy (non-hydrogen) atoms. The number of rotatable bonds is 0. The molecule has 1 aliphatic rings. The number of fused-ring (bicyclic) bond motifs is 1. The lowest BCUT2D eigenvalue weighted by molar-refractivity contribution is 0.391. The van der Waals surface area contributed by atoms with Crippen molar-refractivity contribution in [3.05, 3.63) is 29.2 Å². The molecule has 0 radical (unpaired) electrons. The van der Waals surface area contributed by atoms with Crippen LogP contribution in [-0.4, -0.2) is 15.3 Å². The van der Waals surface area contributed by atoms with Crippen LogP contribution in [0.1, 0.15) is 5.56 Å². The highest BCUT2D eigenvalue weighted by molar-refractivity contribution is 6.10. The quantitative estimate of drug-likeness (QED) is 0.452. The van der Waals surface area contributed by atoms with Crippen LogP contribution < -0.4 is 10.2 Å². The first kappa shape index (κ1) is 9.85. The summed E-state index contributed by atoms with van der Waals surface area (Å²) < 4.78 is 16.1. The van der Waals surface area contributed by atoms with Crippen LogP contribution in [0.25, 0.3) is 27.9 Å². The molecule has 1 aliphatic heterocycles. The monoisotopic (exact) mass is 270 g/mol. The normalized spacial score (nSPS) is 16.6. The molecule has 0 fully saturated rings. The zero-order valence-corrected chi connectivity index (χ0v) is 9.80. The van der Waals surface area contributed by atoms with Gasteiger partial charge in [-0.2, -0.15) is 0 Å². The van der Waals surface area contributed by atoms with E-state index in [2.05, 4.69) is 0 Å². The van der Waals surface area contributed by atoms with Gasteiger partial charge in [-0.1, -0.05) is 0 Å². The number of benzene rings is 2. The van der Waals surface area contributed by atoms with Crippen molar-refractivity contribution in [2.24, 2.45) is 0 Å². The molecular weight excluding hydrogens is 264 g/mol. The van der Waals surface area contributed by atoms with Gasteiger partial charge in [-0.25, -0.2) is 0 Å². The van der Waals surface area contributed by atoms with Gasteiger partial charge in [0.25, 0.3) is 0 Å². The van der Waals surface area contributed by atoms with E-state index in [0.29, 0.717) is 22.3 Å². The fourth-order valence-electron chi connectivity index (χ4n) is 2.55. The zero-order valence-electron chi connectivity index (χ0n) is 9.80. The Bertz CT molecular complexity index is 1050. The van der Waals surface area contributed by atoms with E-state index in [9.17, 15) is 15.3 Å². The van der Waals surface area contributed by atoms with Crippen molar-refractivity contribution in [2.45, 2.75) is 0 Å². The SMILES string of the molecule is Oc1ccc2c(c1)OC2=c1oc2c(O)c3oc(c3O)c12. The molecule has 0 amide bonds. The van der Waals surface area contributed by atoms with Crippen LogP contribution in [0.4, 0.5) is 0 Å². The van der Waals surface area contributed by atoms with Crippen molar-refractivity contribution >= 4 is 27.9 Å². The van der Waals surface area contributed by atoms with Crippen molar-refractivity contribution in [3.63, 3.8) is 0 Å². The molecule has 0 atom stereocenters. The standard InChI is InChI=1S/C14H6O6/c15-4-1-2-5-6(3-4)18-10(5)13-7-11(19-13)8(16)14-9(17)12(7)20-14/h1-3,15-17H. The lowest BCUT2D eigenvalue weighted by Crippen LogP contribution is -2.23. The number of phenolic OH excluding ortho intramolecular Hbond substituents is 3. The fourth-order valence-corrected chi connectivity index (χ4v) is 2.55. The molecule has 2 bridgehead atoms. The minimum Gasteiger partial charge on any atom is -0.508 e. The molecular formula is C14H6O6. The first-order valence-corrected chi connectivity index (χ1v) is 5.88. The number of hydrogen-bond acceptors (Lipinski definition) is 6. The Balaban J connectivity index is 1.85. The van der Waals surface area contributed by atoms with Gasteiger partial charge in [-0.3, -0.25) is 0 Å². The smallest absolute Gasteiger partial charge is 0.218 e. The second kappa shape index (κ2) is 2.77. The van der Waals surface area contributed by atoms with E-state index in [0.717, 1.165) is 5.56 Å². The predicted octanol–water partition coefficient (Wildman–Crippen LogP) is 2.00. The van der Waals surface area contributed by atoms with Crippen LogP contribution in [0.3, 0.4) is 0 Å². The highest BCUT2D eigenvalue weighted by atomic mass is 16.5. The Morgan fingerprint density at radius 3 is 2.30 bits per heavy atom. The molecule has 3 N–H and O–H groups in total. The van der Waals surface area contributed by atoms with E-state index in [1.165, 1.54) is 6.07 Å². The summed E-state index contributed by atoms with van der Waals surface area (Å²) in [5.74, 6) is 0.878. The first-order valence-electron chi connectivity index (χ1n) is 5.88. The van der Waals surface area contributed by atoms with Gasteiger partial charge in [-0.05, 0) is 12.1 Å².